The molecule has 6 heteroatoms. The van der Waals surface area contributed by atoms with Crippen LogP contribution in [0.4, 0.5) is 4.39 Å². The van der Waals surface area contributed by atoms with Crippen LogP contribution in [0.25, 0.3) is 0 Å². The van der Waals surface area contributed by atoms with Crippen LogP contribution >= 0.6 is 23.2 Å². The van der Waals surface area contributed by atoms with Crippen molar-refractivity contribution in [3.63, 3.8) is 0 Å². The highest BCUT2D eigenvalue weighted by molar-refractivity contribution is 6.31. The number of halogens is 3. The van der Waals surface area contributed by atoms with Crippen molar-refractivity contribution in [3.8, 4) is 0 Å². The second-order valence-corrected chi connectivity index (χ2v) is 4.37. The number of rotatable bonds is 3. The van der Waals surface area contributed by atoms with Crippen LogP contribution in [0.1, 0.15) is 17.0 Å². The summed E-state index contributed by atoms with van der Waals surface area (Å²) in [4.78, 5) is 18.1. The van der Waals surface area contributed by atoms with Gasteiger partial charge >= 0.3 is 0 Å². The molecule has 2 aromatic rings. The molecule has 0 fully saturated rings. The Balaban J connectivity index is 2.35. The number of hydrogen-bond acceptors (Lipinski definition) is 2. The zero-order valence-corrected chi connectivity index (χ0v) is 10.7. The van der Waals surface area contributed by atoms with E-state index in [0.717, 1.165) is 0 Å². The summed E-state index contributed by atoms with van der Waals surface area (Å²) in [6, 6.07) is 4.42. The van der Waals surface area contributed by atoms with Crippen molar-refractivity contribution < 1.29 is 4.39 Å². The summed E-state index contributed by atoms with van der Waals surface area (Å²) in [6.45, 7) is 0. The van der Waals surface area contributed by atoms with Gasteiger partial charge in [0.15, 0.2) is 0 Å². The Bertz CT molecular complexity index is 607. The summed E-state index contributed by atoms with van der Waals surface area (Å²) in [7, 11) is 0. The molecule has 0 spiro atoms. The van der Waals surface area contributed by atoms with Crippen molar-refractivity contribution in [1.29, 1.82) is 0 Å². The summed E-state index contributed by atoms with van der Waals surface area (Å²) >= 11 is 11.5. The Morgan fingerprint density at radius 2 is 2.17 bits per heavy atom. The van der Waals surface area contributed by atoms with E-state index in [9.17, 15) is 9.18 Å². The maximum atomic E-state index is 13.6. The Kier molecular flexibility index (Phi) is 3.99. The quantitative estimate of drug-likeness (QED) is 0.882. The fourth-order valence-corrected chi connectivity index (χ4v) is 1.93. The SMILES string of the molecule is O=c1[nH]c(Cc2c(F)cccc2Cl)ncc1CCl. The van der Waals surface area contributed by atoms with Crippen LogP contribution in [0.3, 0.4) is 0 Å². The van der Waals surface area contributed by atoms with Gasteiger partial charge in [-0.15, -0.1) is 11.6 Å². The fourth-order valence-electron chi connectivity index (χ4n) is 1.51. The molecule has 1 heterocycles. The molecule has 1 N–H and O–H groups in total. The van der Waals surface area contributed by atoms with E-state index in [4.69, 9.17) is 23.2 Å². The third-order valence-electron chi connectivity index (χ3n) is 2.48. The van der Waals surface area contributed by atoms with E-state index in [1.165, 1.54) is 18.3 Å². The zero-order chi connectivity index (χ0) is 13.1. The predicted molar refractivity (Wildman–Crippen MR) is 68.6 cm³/mol. The molecule has 0 amide bonds. The van der Waals surface area contributed by atoms with Crippen LogP contribution in [0.2, 0.25) is 5.02 Å². The van der Waals surface area contributed by atoms with Crippen molar-refractivity contribution in [3.05, 3.63) is 62.5 Å². The maximum Gasteiger partial charge on any atom is 0.255 e. The number of H-pyrrole nitrogens is 1. The number of benzene rings is 1. The van der Waals surface area contributed by atoms with Crippen LogP contribution in [0, 0.1) is 5.82 Å². The normalized spacial score (nSPS) is 10.6. The van der Waals surface area contributed by atoms with Crippen LogP contribution < -0.4 is 5.56 Å². The summed E-state index contributed by atoms with van der Waals surface area (Å²) in [5.74, 6) is 0.00993. The van der Waals surface area contributed by atoms with E-state index in [0.29, 0.717) is 22.0 Å². The van der Waals surface area contributed by atoms with E-state index < -0.39 is 5.82 Å². The average Bonchev–Trinajstić information content (AvgIpc) is 2.34. The first-order chi connectivity index (χ1) is 8.61. The van der Waals surface area contributed by atoms with Gasteiger partial charge in [0.2, 0.25) is 0 Å². The lowest BCUT2D eigenvalue weighted by Gasteiger charge is -2.05. The van der Waals surface area contributed by atoms with Crippen molar-refractivity contribution >= 4 is 23.2 Å². The van der Waals surface area contributed by atoms with Gasteiger partial charge in [-0.2, -0.15) is 0 Å². The van der Waals surface area contributed by atoms with Crippen molar-refractivity contribution in [2.45, 2.75) is 12.3 Å². The van der Waals surface area contributed by atoms with Gasteiger partial charge in [-0.05, 0) is 12.1 Å². The molecule has 1 aromatic carbocycles. The number of alkyl halides is 1. The molecule has 0 saturated heterocycles. The first-order valence-corrected chi connectivity index (χ1v) is 6.09. The van der Waals surface area contributed by atoms with Gasteiger partial charge in [0.1, 0.15) is 11.6 Å². The maximum absolute atomic E-state index is 13.6. The number of nitrogens with one attached hydrogen (secondary N) is 1. The molecule has 94 valence electrons. The van der Waals surface area contributed by atoms with Gasteiger partial charge in [0, 0.05) is 23.2 Å². The van der Waals surface area contributed by atoms with Gasteiger partial charge in [-0.1, -0.05) is 17.7 Å². The van der Waals surface area contributed by atoms with Crippen LogP contribution in [-0.4, -0.2) is 9.97 Å². The summed E-state index contributed by atoms with van der Waals surface area (Å²) in [5.41, 5.74) is 0.364. The van der Waals surface area contributed by atoms with Crippen LogP contribution in [0.15, 0.2) is 29.2 Å². The van der Waals surface area contributed by atoms with Gasteiger partial charge in [-0.3, -0.25) is 4.79 Å². The molecule has 0 bridgehead atoms. The molecule has 2 rings (SSSR count). The Morgan fingerprint density at radius 1 is 1.39 bits per heavy atom. The molecule has 0 aliphatic carbocycles. The highest BCUT2D eigenvalue weighted by Gasteiger charge is 2.10. The second-order valence-electron chi connectivity index (χ2n) is 3.69. The van der Waals surface area contributed by atoms with Gasteiger partial charge in [-0.25, -0.2) is 9.37 Å². The monoisotopic (exact) mass is 286 g/mol. The second kappa shape index (κ2) is 5.50. The molecule has 0 atom stereocenters. The van der Waals surface area contributed by atoms with E-state index >= 15 is 0 Å². The van der Waals surface area contributed by atoms with Gasteiger partial charge in [0.25, 0.3) is 5.56 Å². The molecule has 0 saturated carbocycles. The first-order valence-electron chi connectivity index (χ1n) is 5.17. The highest BCUT2D eigenvalue weighted by Crippen LogP contribution is 2.20. The first kappa shape index (κ1) is 13.1. The van der Waals surface area contributed by atoms with Gasteiger partial charge in [0.05, 0.1) is 11.4 Å². The van der Waals surface area contributed by atoms with Gasteiger partial charge < -0.3 is 4.98 Å². The molecular formula is C12H9Cl2FN2O. The third kappa shape index (κ3) is 2.71. The van der Waals surface area contributed by atoms with E-state index in [1.54, 1.807) is 6.07 Å². The van der Waals surface area contributed by atoms with Crippen molar-refractivity contribution in [2.24, 2.45) is 0 Å². The molecule has 18 heavy (non-hydrogen) atoms. The van der Waals surface area contributed by atoms with Crippen molar-refractivity contribution in [2.75, 3.05) is 0 Å². The summed E-state index contributed by atoms with van der Waals surface area (Å²) in [5, 5.41) is 0.305. The average molecular weight is 287 g/mol. The minimum absolute atomic E-state index is 0.0864. The Labute approximate surface area is 113 Å². The number of aromatic amines is 1. The van der Waals surface area contributed by atoms with Crippen molar-refractivity contribution in [1.82, 2.24) is 9.97 Å². The topological polar surface area (TPSA) is 45.8 Å². The summed E-state index contributed by atoms with van der Waals surface area (Å²) in [6.07, 6.45) is 1.51. The molecule has 1 aromatic heterocycles. The van der Waals surface area contributed by atoms with E-state index in [2.05, 4.69) is 9.97 Å². The van der Waals surface area contributed by atoms with Crippen LogP contribution in [-0.2, 0) is 12.3 Å². The predicted octanol–water partition coefficient (Wildman–Crippen LogP) is 2.89. The minimum atomic E-state index is -0.424. The molecular weight excluding hydrogens is 278 g/mol. The molecule has 0 unspecified atom stereocenters. The smallest absolute Gasteiger partial charge is 0.255 e. The van der Waals surface area contributed by atoms with E-state index in [1.807, 2.05) is 0 Å². The van der Waals surface area contributed by atoms with Crippen LogP contribution in [0.5, 0.6) is 0 Å². The zero-order valence-electron chi connectivity index (χ0n) is 9.21. The third-order valence-corrected chi connectivity index (χ3v) is 3.12. The minimum Gasteiger partial charge on any atom is -0.310 e. The lowest BCUT2D eigenvalue weighted by atomic mass is 10.1. The van der Waals surface area contributed by atoms with E-state index in [-0.39, 0.29) is 17.9 Å². The Hall–Kier alpha value is -1.39. The Morgan fingerprint density at radius 3 is 2.78 bits per heavy atom. The number of aromatic nitrogens is 2. The number of nitrogens with zero attached hydrogens (tertiary/aromatic N) is 1. The summed E-state index contributed by atoms with van der Waals surface area (Å²) < 4.78 is 13.6. The standard InChI is InChI=1S/C12H9Cl2FN2O/c13-5-7-6-16-11(17-12(7)18)4-8-9(14)2-1-3-10(8)15/h1-3,6H,4-5H2,(H,16,17,18). The highest BCUT2D eigenvalue weighted by atomic mass is 35.5. The lowest BCUT2D eigenvalue weighted by Crippen LogP contribution is -2.15. The largest absolute Gasteiger partial charge is 0.310 e. The fraction of sp³-hybridized carbons (Fsp3) is 0.167. The molecule has 3 nitrogen and oxygen atoms in total. The number of hydrogen-bond donors (Lipinski definition) is 1. The molecule has 0 radical (unpaired) electrons. The lowest BCUT2D eigenvalue weighted by molar-refractivity contribution is 0.612. The molecule has 0 aliphatic heterocycles. The molecule has 0 aliphatic rings.